The molecule has 0 saturated heterocycles. The lowest BCUT2D eigenvalue weighted by Gasteiger charge is -2.20. The fraction of sp³-hybridized carbons (Fsp3) is 0.389. The van der Waals surface area contributed by atoms with Gasteiger partial charge in [0, 0.05) is 16.9 Å². The Bertz CT molecular complexity index is 732. The van der Waals surface area contributed by atoms with E-state index >= 15 is 0 Å². The molecule has 0 atom stereocenters. The predicted octanol–water partition coefficient (Wildman–Crippen LogP) is 3.86. The highest BCUT2D eigenvalue weighted by Gasteiger charge is 2.15. The molecule has 0 aliphatic carbocycles. The molecule has 0 saturated carbocycles. The standard InChI is InChI=1S/C18H24N4O/c1-11-7-8-14(9-12(11)2)20-16(23)15-10-13(3)19-17(21-15)22-18(4,5)6/h7-10H,1-6H3,(H,20,23)(H,19,21,22). The van der Waals surface area contributed by atoms with Gasteiger partial charge in [-0.3, -0.25) is 4.79 Å². The van der Waals surface area contributed by atoms with E-state index in [1.807, 2.05) is 59.7 Å². The Morgan fingerprint density at radius 1 is 1.00 bits per heavy atom. The van der Waals surface area contributed by atoms with Crippen molar-refractivity contribution >= 4 is 17.5 Å². The molecule has 5 heteroatoms. The Balaban J connectivity index is 2.23. The summed E-state index contributed by atoms with van der Waals surface area (Å²) in [6, 6.07) is 7.52. The van der Waals surface area contributed by atoms with E-state index in [4.69, 9.17) is 0 Å². The van der Waals surface area contributed by atoms with Crippen LogP contribution in [0.1, 0.15) is 48.1 Å². The van der Waals surface area contributed by atoms with Gasteiger partial charge in [0.1, 0.15) is 5.69 Å². The average Bonchev–Trinajstić information content (AvgIpc) is 2.40. The van der Waals surface area contributed by atoms with Gasteiger partial charge in [0.2, 0.25) is 5.95 Å². The van der Waals surface area contributed by atoms with Crippen molar-refractivity contribution in [1.82, 2.24) is 9.97 Å². The van der Waals surface area contributed by atoms with Crippen LogP contribution in [0, 0.1) is 20.8 Å². The highest BCUT2D eigenvalue weighted by atomic mass is 16.1. The second kappa shape index (κ2) is 6.36. The van der Waals surface area contributed by atoms with Crippen LogP contribution in [0.2, 0.25) is 0 Å². The SMILES string of the molecule is Cc1cc(C(=O)Nc2ccc(C)c(C)c2)nc(NC(C)(C)C)n1. The van der Waals surface area contributed by atoms with Gasteiger partial charge in [0.25, 0.3) is 5.91 Å². The molecule has 0 radical (unpaired) electrons. The molecule has 2 rings (SSSR count). The Kier molecular flexibility index (Phi) is 4.68. The molecule has 1 aromatic heterocycles. The maximum Gasteiger partial charge on any atom is 0.274 e. The number of nitrogens with zero attached hydrogens (tertiary/aromatic N) is 2. The lowest BCUT2D eigenvalue weighted by molar-refractivity contribution is 0.102. The van der Waals surface area contributed by atoms with E-state index in [0.717, 1.165) is 16.9 Å². The maximum absolute atomic E-state index is 12.5. The number of benzene rings is 1. The zero-order chi connectivity index (χ0) is 17.2. The first-order valence-electron chi connectivity index (χ1n) is 7.66. The van der Waals surface area contributed by atoms with E-state index in [0.29, 0.717) is 11.6 Å². The van der Waals surface area contributed by atoms with Crippen molar-refractivity contribution in [3.63, 3.8) is 0 Å². The van der Waals surface area contributed by atoms with Gasteiger partial charge >= 0.3 is 0 Å². The number of hydrogen-bond acceptors (Lipinski definition) is 4. The van der Waals surface area contributed by atoms with Gasteiger partial charge in [0.05, 0.1) is 0 Å². The lowest BCUT2D eigenvalue weighted by atomic mass is 10.1. The number of rotatable bonds is 3. The van der Waals surface area contributed by atoms with Crippen LogP contribution in [0.3, 0.4) is 0 Å². The van der Waals surface area contributed by atoms with Crippen molar-refractivity contribution in [2.45, 2.75) is 47.1 Å². The summed E-state index contributed by atoms with van der Waals surface area (Å²) in [7, 11) is 0. The minimum Gasteiger partial charge on any atom is -0.350 e. The van der Waals surface area contributed by atoms with Gasteiger partial charge in [-0.25, -0.2) is 9.97 Å². The summed E-state index contributed by atoms with van der Waals surface area (Å²) in [6.07, 6.45) is 0. The normalized spacial score (nSPS) is 11.2. The molecular formula is C18H24N4O. The summed E-state index contributed by atoms with van der Waals surface area (Å²) >= 11 is 0. The van der Waals surface area contributed by atoms with E-state index in [1.54, 1.807) is 6.07 Å². The van der Waals surface area contributed by atoms with Crippen LogP contribution >= 0.6 is 0 Å². The average molecular weight is 312 g/mol. The number of carbonyl (C=O) groups excluding carboxylic acids is 1. The molecular weight excluding hydrogens is 288 g/mol. The van der Waals surface area contributed by atoms with Crippen molar-refractivity contribution in [2.75, 3.05) is 10.6 Å². The van der Waals surface area contributed by atoms with Gasteiger partial charge in [0.15, 0.2) is 0 Å². The lowest BCUT2D eigenvalue weighted by Crippen LogP contribution is -2.28. The monoisotopic (exact) mass is 312 g/mol. The Labute approximate surface area is 137 Å². The minimum atomic E-state index is -0.240. The van der Waals surface area contributed by atoms with E-state index in [9.17, 15) is 4.79 Å². The van der Waals surface area contributed by atoms with Crippen LogP contribution in [0.5, 0.6) is 0 Å². The first kappa shape index (κ1) is 16.9. The highest BCUT2D eigenvalue weighted by molar-refractivity contribution is 6.03. The third kappa shape index (κ3) is 4.77. The number of anilines is 2. The summed E-state index contributed by atoms with van der Waals surface area (Å²) in [4.78, 5) is 21.1. The maximum atomic E-state index is 12.5. The van der Waals surface area contributed by atoms with Gasteiger partial charge in [-0.15, -0.1) is 0 Å². The first-order chi connectivity index (χ1) is 10.6. The van der Waals surface area contributed by atoms with Gasteiger partial charge < -0.3 is 10.6 Å². The van der Waals surface area contributed by atoms with E-state index < -0.39 is 0 Å². The van der Waals surface area contributed by atoms with Crippen LogP contribution in [0.25, 0.3) is 0 Å². The summed E-state index contributed by atoms with van der Waals surface area (Å²) < 4.78 is 0. The van der Waals surface area contributed by atoms with E-state index in [1.165, 1.54) is 5.56 Å². The largest absolute Gasteiger partial charge is 0.350 e. The highest BCUT2D eigenvalue weighted by Crippen LogP contribution is 2.16. The van der Waals surface area contributed by atoms with Gasteiger partial charge in [-0.1, -0.05) is 6.07 Å². The molecule has 1 heterocycles. The van der Waals surface area contributed by atoms with Crippen LogP contribution in [-0.2, 0) is 0 Å². The van der Waals surface area contributed by atoms with Crippen LogP contribution in [0.15, 0.2) is 24.3 Å². The van der Waals surface area contributed by atoms with Crippen molar-refractivity contribution < 1.29 is 4.79 Å². The molecule has 23 heavy (non-hydrogen) atoms. The number of aryl methyl sites for hydroxylation is 3. The van der Waals surface area contributed by atoms with Gasteiger partial charge in [-0.2, -0.15) is 0 Å². The van der Waals surface area contributed by atoms with Crippen LogP contribution in [-0.4, -0.2) is 21.4 Å². The Morgan fingerprint density at radius 3 is 2.30 bits per heavy atom. The predicted molar refractivity (Wildman–Crippen MR) is 94.0 cm³/mol. The molecule has 0 aliphatic heterocycles. The number of hydrogen-bond donors (Lipinski definition) is 2. The molecule has 2 aromatic rings. The van der Waals surface area contributed by atoms with Crippen molar-refractivity contribution in [2.24, 2.45) is 0 Å². The minimum absolute atomic E-state index is 0.171. The molecule has 2 N–H and O–H groups in total. The number of aromatic nitrogens is 2. The Hall–Kier alpha value is -2.43. The van der Waals surface area contributed by atoms with Crippen LogP contribution in [0.4, 0.5) is 11.6 Å². The fourth-order valence-electron chi connectivity index (χ4n) is 2.09. The van der Waals surface area contributed by atoms with E-state index in [2.05, 4.69) is 20.6 Å². The summed E-state index contributed by atoms with van der Waals surface area (Å²) in [5, 5.41) is 6.08. The summed E-state index contributed by atoms with van der Waals surface area (Å²) in [6.45, 7) is 12.0. The quantitative estimate of drug-likeness (QED) is 0.903. The number of nitrogens with one attached hydrogen (secondary N) is 2. The molecule has 5 nitrogen and oxygen atoms in total. The zero-order valence-corrected chi connectivity index (χ0v) is 14.6. The van der Waals surface area contributed by atoms with Crippen molar-refractivity contribution in [3.8, 4) is 0 Å². The molecule has 0 spiro atoms. The topological polar surface area (TPSA) is 66.9 Å². The first-order valence-corrected chi connectivity index (χ1v) is 7.66. The second-order valence-corrected chi connectivity index (χ2v) is 6.85. The fourth-order valence-corrected chi connectivity index (χ4v) is 2.09. The van der Waals surface area contributed by atoms with E-state index in [-0.39, 0.29) is 11.4 Å². The molecule has 0 aliphatic rings. The number of carbonyl (C=O) groups is 1. The Morgan fingerprint density at radius 2 is 1.70 bits per heavy atom. The molecule has 122 valence electrons. The third-order valence-electron chi connectivity index (χ3n) is 3.34. The molecule has 0 bridgehead atoms. The zero-order valence-electron chi connectivity index (χ0n) is 14.6. The smallest absolute Gasteiger partial charge is 0.274 e. The van der Waals surface area contributed by atoms with Crippen molar-refractivity contribution in [1.29, 1.82) is 0 Å². The molecule has 0 unspecified atom stereocenters. The third-order valence-corrected chi connectivity index (χ3v) is 3.34. The number of amides is 1. The van der Waals surface area contributed by atoms with Crippen LogP contribution < -0.4 is 10.6 Å². The molecule has 0 fully saturated rings. The molecule has 1 aromatic carbocycles. The summed E-state index contributed by atoms with van der Waals surface area (Å²) in [5.74, 6) is 0.221. The summed E-state index contributed by atoms with van der Waals surface area (Å²) in [5.41, 5.74) is 4.02. The van der Waals surface area contributed by atoms with Gasteiger partial charge in [-0.05, 0) is 70.9 Å². The second-order valence-electron chi connectivity index (χ2n) is 6.85. The molecule has 1 amide bonds. The van der Waals surface area contributed by atoms with Crippen molar-refractivity contribution in [3.05, 3.63) is 46.8 Å².